The van der Waals surface area contributed by atoms with Crippen LogP contribution in [0.15, 0.2) is 28.7 Å². The molecule has 1 heterocycles. The average Bonchev–Trinajstić information content (AvgIpc) is 3.18. The molecule has 100 valence electrons. The van der Waals surface area contributed by atoms with Gasteiger partial charge in [-0.25, -0.2) is 0 Å². The number of hydrogen-bond acceptors (Lipinski definition) is 2. The van der Waals surface area contributed by atoms with E-state index in [1.54, 1.807) is 11.8 Å². The molecule has 1 aromatic rings. The lowest BCUT2D eigenvalue weighted by atomic mass is 10.0. The maximum atomic E-state index is 12.6. The minimum atomic E-state index is -0.461. The fourth-order valence-electron chi connectivity index (χ4n) is 2.52. The van der Waals surface area contributed by atoms with E-state index in [2.05, 4.69) is 21.2 Å². The summed E-state index contributed by atoms with van der Waals surface area (Å²) in [5.41, 5.74) is 0.771. The van der Waals surface area contributed by atoms with Crippen LogP contribution in [0.4, 0.5) is 5.69 Å². The van der Waals surface area contributed by atoms with Crippen LogP contribution in [-0.2, 0) is 9.59 Å². The highest BCUT2D eigenvalue weighted by Gasteiger charge is 2.45. The van der Waals surface area contributed by atoms with E-state index in [1.165, 1.54) is 0 Å². The number of nitrogens with one attached hydrogen (secondary N) is 1. The van der Waals surface area contributed by atoms with Gasteiger partial charge in [-0.15, -0.1) is 0 Å². The zero-order valence-electron chi connectivity index (χ0n) is 10.6. The van der Waals surface area contributed by atoms with E-state index in [4.69, 9.17) is 0 Å². The van der Waals surface area contributed by atoms with Crippen molar-refractivity contribution in [3.8, 4) is 0 Å². The Balaban J connectivity index is 1.96. The topological polar surface area (TPSA) is 49.4 Å². The molecule has 1 N–H and O–H groups in total. The Morgan fingerprint density at radius 1 is 1.32 bits per heavy atom. The number of piperazine rings is 1. The summed E-state index contributed by atoms with van der Waals surface area (Å²) in [7, 11) is 0. The molecule has 1 saturated heterocycles. The van der Waals surface area contributed by atoms with Crippen LogP contribution in [-0.4, -0.2) is 23.9 Å². The largest absolute Gasteiger partial charge is 0.342 e. The van der Waals surface area contributed by atoms with Crippen molar-refractivity contribution >= 4 is 33.4 Å². The fourth-order valence-corrected chi connectivity index (χ4v) is 2.91. The zero-order chi connectivity index (χ0) is 13.6. The number of hydrogen-bond donors (Lipinski definition) is 1. The first-order valence-corrected chi connectivity index (χ1v) is 7.26. The number of amides is 2. The van der Waals surface area contributed by atoms with Gasteiger partial charge in [-0.2, -0.15) is 0 Å². The van der Waals surface area contributed by atoms with E-state index < -0.39 is 6.04 Å². The Morgan fingerprint density at radius 2 is 2.05 bits per heavy atom. The quantitative estimate of drug-likeness (QED) is 0.906. The van der Waals surface area contributed by atoms with Crippen molar-refractivity contribution in [2.45, 2.75) is 31.8 Å². The van der Waals surface area contributed by atoms with E-state index in [0.29, 0.717) is 5.92 Å². The van der Waals surface area contributed by atoms with Gasteiger partial charge >= 0.3 is 0 Å². The summed E-state index contributed by atoms with van der Waals surface area (Å²) >= 11 is 3.40. The summed E-state index contributed by atoms with van der Waals surface area (Å²) in [6.07, 6.45) is 2.05. The molecule has 5 heteroatoms. The summed E-state index contributed by atoms with van der Waals surface area (Å²) in [5, 5.41) is 2.85. The Morgan fingerprint density at radius 3 is 2.68 bits per heavy atom. The number of anilines is 1. The molecule has 19 heavy (non-hydrogen) atoms. The Labute approximate surface area is 120 Å². The van der Waals surface area contributed by atoms with Crippen molar-refractivity contribution in [2.24, 2.45) is 5.92 Å². The van der Waals surface area contributed by atoms with E-state index in [1.807, 2.05) is 24.3 Å². The van der Waals surface area contributed by atoms with Crippen LogP contribution in [0.5, 0.6) is 0 Å². The third-order valence-electron chi connectivity index (χ3n) is 3.75. The molecule has 1 aliphatic carbocycles. The summed E-state index contributed by atoms with van der Waals surface area (Å²) < 4.78 is 0.902. The molecule has 2 amide bonds. The molecule has 2 atom stereocenters. The smallest absolute Gasteiger partial charge is 0.250 e. The first-order valence-electron chi connectivity index (χ1n) is 6.47. The lowest BCUT2D eigenvalue weighted by Gasteiger charge is -2.37. The van der Waals surface area contributed by atoms with Gasteiger partial charge in [-0.1, -0.05) is 22.0 Å². The second-order valence-electron chi connectivity index (χ2n) is 5.19. The lowest BCUT2D eigenvalue weighted by molar-refractivity contribution is -0.133. The van der Waals surface area contributed by atoms with Crippen LogP contribution in [0, 0.1) is 5.92 Å². The van der Waals surface area contributed by atoms with E-state index >= 15 is 0 Å². The molecule has 2 aliphatic rings. The number of carbonyl (C=O) groups excluding carboxylic acids is 2. The molecule has 1 aliphatic heterocycles. The van der Waals surface area contributed by atoms with Crippen molar-refractivity contribution in [3.63, 3.8) is 0 Å². The standard InChI is InChI=1S/C14H15BrN2O2/c1-8-13(18)16-12(9-5-6-9)14(19)17(8)11-4-2-3-10(15)7-11/h2-4,7-9,12H,5-6H2,1H3,(H,16,18). The number of halogens is 1. The highest BCUT2D eigenvalue weighted by atomic mass is 79.9. The van der Waals surface area contributed by atoms with Gasteiger partial charge in [0.2, 0.25) is 5.91 Å². The third-order valence-corrected chi connectivity index (χ3v) is 4.24. The van der Waals surface area contributed by atoms with Crippen LogP contribution in [0.2, 0.25) is 0 Å². The van der Waals surface area contributed by atoms with Crippen molar-refractivity contribution in [2.75, 3.05) is 4.90 Å². The molecule has 1 saturated carbocycles. The first-order chi connectivity index (χ1) is 9.08. The Hall–Kier alpha value is -1.36. The van der Waals surface area contributed by atoms with Gasteiger partial charge in [-0.05, 0) is 43.9 Å². The van der Waals surface area contributed by atoms with Crippen LogP contribution in [0.3, 0.4) is 0 Å². The molecular weight excluding hydrogens is 308 g/mol. The van der Waals surface area contributed by atoms with Crippen molar-refractivity contribution in [3.05, 3.63) is 28.7 Å². The second-order valence-corrected chi connectivity index (χ2v) is 6.10. The van der Waals surface area contributed by atoms with Crippen LogP contribution >= 0.6 is 15.9 Å². The number of carbonyl (C=O) groups is 2. The molecule has 2 fully saturated rings. The third kappa shape index (κ3) is 2.27. The maximum Gasteiger partial charge on any atom is 0.250 e. The molecular formula is C14H15BrN2O2. The van der Waals surface area contributed by atoms with Crippen molar-refractivity contribution < 1.29 is 9.59 Å². The first kappa shape index (κ1) is 12.7. The molecule has 0 radical (unpaired) electrons. The van der Waals surface area contributed by atoms with Crippen LogP contribution in [0.25, 0.3) is 0 Å². The summed E-state index contributed by atoms with van der Waals surface area (Å²) in [5.74, 6) is 0.253. The summed E-state index contributed by atoms with van der Waals surface area (Å²) in [6.45, 7) is 1.76. The molecule has 3 rings (SSSR count). The van der Waals surface area contributed by atoms with Gasteiger partial charge in [0.1, 0.15) is 12.1 Å². The molecule has 0 bridgehead atoms. The van der Waals surface area contributed by atoms with Gasteiger partial charge in [0.15, 0.2) is 0 Å². The van der Waals surface area contributed by atoms with Gasteiger partial charge < -0.3 is 5.32 Å². The van der Waals surface area contributed by atoms with Crippen molar-refractivity contribution in [1.29, 1.82) is 0 Å². The van der Waals surface area contributed by atoms with Crippen molar-refractivity contribution in [1.82, 2.24) is 5.32 Å². The Bertz CT molecular complexity index is 542. The monoisotopic (exact) mass is 322 g/mol. The van der Waals surface area contributed by atoms with Crippen LogP contribution < -0.4 is 10.2 Å². The fraction of sp³-hybridized carbons (Fsp3) is 0.429. The minimum Gasteiger partial charge on any atom is -0.342 e. The number of rotatable bonds is 2. The zero-order valence-corrected chi connectivity index (χ0v) is 12.2. The van der Waals surface area contributed by atoms with Crippen LogP contribution in [0.1, 0.15) is 19.8 Å². The minimum absolute atomic E-state index is 0.00713. The molecule has 0 spiro atoms. The highest BCUT2D eigenvalue weighted by Crippen LogP contribution is 2.36. The summed E-state index contributed by atoms with van der Waals surface area (Å²) in [6, 6.07) is 6.71. The molecule has 1 aromatic carbocycles. The number of benzene rings is 1. The van der Waals surface area contributed by atoms with E-state index in [0.717, 1.165) is 23.0 Å². The molecule has 4 nitrogen and oxygen atoms in total. The van der Waals surface area contributed by atoms with E-state index in [9.17, 15) is 9.59 Å². The number of nitrogens with zero attached hydrogens (tertiary/aromatic N) is 1. The summed E-state index contributed by atoms with van der Waals surface area (Å²) in [4.78, 5) is 26.2. The van der Waals surface area contributed by atoms with Gasteiger partial charge in [0, 0.05) is 10.2 Å². The molecule has 2 unspecified atom stereocenters. The lowest BCUT2D eigenvalue weighted by Crippen LogP contribution is -2.63. The van der Waals surface area contributed by atoms with Gasteiger partial charge in [0.05, 0.1) is 0 Å². The average molecular weight is 323 g/mol. The predicted octanol–water partition coefficient (Wildman–Crippen LogP) is 2.08. The second kappa shape index (κ2) is 4.63. The SMILES string of the molecule is CC1C(=O)NC(C2CC2)C(=O)N1c1cccc(Br)c1. The van der Waals surface area contributed by atoms with Gasteiger partial charge in [0.25, 0.3) is 5.91 Å². The maximum absolute atomic E-state index is 12.6. The Kier molecular flexibility index (Phi) is 3.09. The van der Waals surface area contributed by atoms with E-state index in [-0.39, 0.29) is 17.9 Å². The normalized spacial score (nSPS) is 27.4. The molecule has 0 aromatic heterocycles. The predicted molar refractivity (Wildman–Crippen MR) is 75.7 cm³/mol. The highest BCUT2D eigenvalue weighted by molar-refractivity contribution is 9.10. The van der Waals surface area contributed by atoms with Gasteiger partial charge in [-0.3, -0.25) is 14.5 Å².